The molecular formula is C18H23N3O3. The Hall–Kier alpha value is -2.44. The van der Waals surface area contributed by atoms with Crippen molar-refractivity contribution in [3.05, 3.63) is 70.1 Å². The number of amides is 1. The highest BCUT2D eigenvalue weighted by atomic mass is 16.5. The van der Waals surface area contributed by atoms with Crippen LogP contribution in [0.2, 0.25) is 0 Å². The summed E-state index contributed by atoms with van der Waals surface area (Å²) in [6.07, 6.45) is 1.77. The largest absolute Gasteiger partial charge is 0.383 e. The molecular weight excluding hydrogens is 306 g/mol. The summed E-state index contributed by atoms with van der Waals surface area (Å²) in [6, 6.07) is 13.0. The first kappa shape index (κ1) is 17.9. The summed E-state index contributed by atoms with van der Waals surface area (Å²) in [5.74, 6) is -0.0500. The van der Waals surface area contributed by atoms with Gasteiger partial charge >= 0.3 is 0 Å². The Balaban J connectivity index is 1.79. The number of hydrogen-bond acceptors (Lipinski definition) is 4. The molecule has 0 aliphatic rings. The molecule has 1 aromatic carbocycles. The van der Waals surface area contributed by atoms with Gasteiger partial charge in [-0.05, 0) is 17.2 Å². The third-order valence-corrected chi connectivity index (χ3v) is 3.53. The van der Waals surface area contributed by atoms with Gasteiger partial charge in [-0.1, -0.05) is 30.3 Å². The lowest BCUT2D eigenvalue weighted by molar-refractivity contribution is -0.120. The van der Waals surface area contributed by atoms with Crippen molar-refractivity contribution in [3.63, 3.8) is 0 Å². The Labute approximate surface area is 141 Å². The van der Waals surface area contributed by atoms with E-state index in [2.05, 4.69) is 10.6 Å². The van der Waals surface area contributed by atoms with Crippen molar-refractivity contribution in [2.45, 2.75) is 13.1 Å². The highest BCUT2D eigenvalue weighted by Crippen LogP contribution is 2.05. The molecule has 24 heavy (non-hydrogen) atoms. The zero-order valence-electron chi connectivity index (χ0n) is 13.8. The second kappa shape index (κ2) is 9.64. The van der Waals surface area contributed by atoms with Crippen molar-refractivity contribution in [3.8, 4) is 0 Å². The molecule has 0 unspecified atom stereocenters. The second-order valence-electron chi connectivity index (χ2n) is 5.43. The summed E-state index contributed by atoms with van der Waals surface area (Å²) in [6.45, 7) is 2.53. The minimum Gasteiger partial charge on any atom is -0.383 e. The molecule has 1 heterocycles. The SMILES string of the molecule is COCCNCC(=O)NCc1ccc(Cn2ccccc2=O)cc1. The summed E-state index contributed by atoms with van der Waals surface area (Å²) in [5, 5.41) is 5.85. The lowest BCUT2D eigenvalue weighted by atomic mass is 10.1. The van der Waals surface area contributed by atoms with Crippen LogP contribution in [0.15, 0.2) is 53.5 Å². The van der Waals surface area contributed by atoms with E-state index in [4.69, 9.17) is 4.74 Å². The van der Waals surface area contributed by atoms with Gasteiger partial charge in [0.2, 0.25) is 5.91 Å². The van der Waals surface area contributed by atoms with E-state index < -0.39 is 0 Å². The molecule has 2 aromatic rings. The van der Waals surface area contributed by atoms with Crippen molar-refractivity contribution in [1.29, 1.82) is 0 Å². The zero-order valence-corrected chi connectivity index (χ0v) is 13.8. The molecule has 128 valence electrons. The van der Waals surface area contributed by atoms with Crippen LogP contribution in [-0.4, -0.2) is 37.3 Å². The predicted molar refractivity (Wildman–Crippen MR) is 92.8 cm³/mol. The third-order valence-electron chi connectivity index (χ3n) is 3.53. The highest BCUT2D eigenvalue weighted by molar-refractivity contribution is 5.77. The minimum atomic E-state index is -0.0500. The Kier molecular flexibility index (Phi) is 7.20. The van der Waals surface area contributed by atoms with Crippen LogP contribution in [0.25, 0.3) is 0 Å². The van der Waals surface area contributed by atoms with Gasteiger partial charge in [0.15, 0.2) is 0 Å². The van der Waals surface area contributed by atoms with Gasteiger partial charge in [-0.15, -0.1) is 0 Å². The fourth-order valence-electron chi connectivity index (χ4n) is 2.19. The third kappa shape index (κ3) is 5.98. The summed E-state index contributed by atoms with van der Waals surface area (Å²) < 4.78 is 6.55. The first-order valence-electron chi connectivity index (χ1n) is 7.88. The van der Waals surface area contributed by atoms with Crippen LogP contribution in [0, 0.1) is 0 Å². The monoisotopic (exact) mass is 329 g/mol. The number of benzene rings is 1. The molecule has 2 rings (SSSR count). The number of carbonyl (C=O) groups excluding carboxylic acids is 1. The average molecular weight is 329 g/mol. The van der Waals surface area contributed by atoms with Gasteiger partial charge in [-0.25, -0.2) is 0 Å². The van der Waals surface area contributed by atoms with Crippen LogP contribution < -0.4 is 16.2 Å². The summed E-state index contributed by atoms with van der Waals surface area (Å²) in [7, 11) is 1.62. The van der Waals surface area contributed by atoms with Gasteiger partial charge in [0.1, 0.15) is 0 Å². The van der Waals surface area contributed by atoms with Crippen molar-refractivity contribution in [2.75, 3.05) is 26.8 Å². The Bertz CT molecular complexity index is 695. The van der Waals surface area contributed by atoms with Crippen molar-refractivity contribution in [1.82, 2.24) is 15.2 Å². The normalized spacial score (nSPS) is 10.5. The zero-order chi connectivity index (χ0) is 17.2. The molecule has 0 saturated carbocycles. The molecule has 0 spiro atoms. The molecule has 6 nitrogen and oxygen atoms in total. The fraction of sp³-hybridized carbons (Fsp3) is 0.333. The van der Waals surface area contributed by atoms with E-state index in [1.807, 2.05) is 30.3 Å². The van der Waals surface area contributed by atoms with Crippen molar-refractivity contribution < 1.29 is 9.53 Å². The molecule has 2 N–H and O–H groups in total. The minimum absolute atomic E-state index is 0.0187. The average Bonchev–Trinajstić information content (AvgIpc) is 2.60. The molecule has 0 aliphatic heterocycles. The van der Waals surface area contributed by atoms with Gasteiger partial charge < -0.3 is 19.9 Å². The van der Waals surface area contributed by atoms with Crippen molar-refractivity contribution in [2.24, 2.45) is 0 Å². The van der Waals surface area contributed by atoms with E-state index >= 15 is 0 Å². The molecule has 1 aromatic heterocycles. The molecule has 0 fully saturated rings. The molecule has 0 atom stereocenters. The predicted octanol–water partition coefficient (Wildman–Crippen LogP) is 0.749. The van der Waals surface area contributed by atoms with Crippen LogP contribution in [0.4, 0.5) is 0 Å². The molecule has 0 radical (unpaired) electrons. The van der Waals surface area contributed by atoms with Crippen LogP contribution in [-0.2, 0) is 22.6 Å². The van der Waals surface area contributed by atoms with Crippen LogP contribution in [0.5, 0.6) is 0 Å². The maximum absolute atomic E-state index is 11.7. The fourth-order valence-corrected chi connectivity index (χ4v) is 2.19. The first-order valence-corrected chi connectivity index (χ1v) is 7.88. The van der Waals surface area contributed by atoms with Gasteiger partial charge in [-0.3, -0.25) is 9.59 Å². The number of carbonyl (C=O) groups is 1. The molecule has 1 amide bonds. The first-order chi connectivity index (χ1) is 11.7. The number of aromatic nitrogens is 1. The molecule has 6 heteroatoms. The number of methoxy groups -OCH3 is 1. The van der Waals surface area contributed by atoms with Gasteiger partial charge in [0, 0.05) is 32.5 Å². The van der Waals surface area contributed by atoms with E-state index in [9.17, 15) is 9.59 Å². The number of hydrogen-bond donors (Lipinski definition) is 2. The lowest BCUT2D eigenvalue weighted by Crippen LogP contribution is -2.34. The summed E-state index contributed by atoms with van der Waals surface area (Å²) in [5.41, 5.74) is 2.04. The van der Waals surface area contributed by atoms with E-state index in [0.717, 1.165) is 11.1 Å². The van der Waals surface area contributed by atoms with Gasteiger partial charge in [0.25, 0.3) is 5.56 Å². The van der Waals surface area contributed by atoms with E-state index in [-0.39, 0.29) is 18.0 Å². The maximum Gasteiger partial charge on any atom is 0.250 e. The van der Waals surface area contributed by atoms with Gasteiger partial charge in [-0.2, -0.15) is 0 Å². The quantitative estimate of drug-likeness (QED) is 0.666. The number of ether oxygens (including phenoxy) is 1. The number of nitrogens with zero attached hydrogens (tertiary/aromatic N) is 1. The van der Waals surface area contributed by atoms with E-state index in [1.54, 1.807) is 30.0 Å². The van der Waals surface area contributed by atoms with Crippen LogP contribution >= 0.6 is 0 Å². The standard InChI is InChI=1S/C18H23N3O3/c1-24-11-9-19-13-17(22)20-12-15-5-7-16(8-6-15)14-21-10-3-2-4-18(21)23/h2-8,10,19H,9,11-14H2,1H3,(H,20,22). The van der Waals surface area contributed by atoms with E-state index in [0.29, 0.717) is 26.2 Å². The lowest BCUT2D eigenvalue weighted by Gasteiger charge is -2.08. The topological polar surface area (TPSA) is 72.4 Å². The van der Waals surface area contributed by atoms with E-state index in [1.165, 1.54) is 0 Å². The summed E-state index contributed by atoms with van der Waals surface area (Å²) in [4.78, 5) is 23.4. The summed E-state index contributed by atoms with van der Waals surface area (Å²) >= 11 is 0. The Morgan fingerprint density at radius 1 is 1.12 bits per heavy atom. The van der Waals surface area contributed by atoms with Crippen molar-refractivity contribution >= 4 is 5.91 Å². The maximum atomic E-state index is 11.7. The highest BCUT2D eigenvalue weighted by Gasteiger charge is 2.02. The van der Waals surface area contributed by atoms with Crippen LogP contribution in [0.3, 0.4) is 0 Å². The Morgan fingerprint density at radius 2 is 1.88 bits per heavy atom. The molecule has 0 bridgehead atoms. The van der Waals surface area contributed by atoms with Crippen LogP contribution in [0.1, 0.15) is 11.1 Å². The number of pyridine rings is 1. The molecule has 0 aliphatic carbocycles. The molecule has 0 saturated heterocycles. The van der Waals surface area contributed by atoms with Gasteiger partial charge in [0.05, 0.1) is 19.7 Å². The smallest absolute Gasteiger partial charge is 0.250 e. The Morgan fingerprint density at radius 3 is 2.58 bits per heavy atom. The second-order valence-corrected chi connectivity index (χ2v) is 5.43. The number of rotatable bonds is 9. The number of nitrogens with one attached hydrogen (secondary N) is 2.